The number of likely N-dealkylation sites (tertiary alicyclic amines) is 1. The molecule has 0 bridgehead atoms. The van der Waals surface area contributed by atoms with Crippen LogP contribution in [0.1, 0.15) is 23.7 Å². The Bertz CT molecular complexity index is 883. The van der Waals surface area contributed by atoms with Gasteiger partial charge in [-0.05, 0) is 6.92 Å². The number of benzene rings is 2. The van der Waals surface area contributed by atoms with E-state index in [-0.39, 0.29) is 22.5 Å². The second-order valence-electron chi connectivity index (χ2n) is 6.40. The fourth-order valence-corrected chi connectivity index (χ4v) is 3.17. The van der Waals surface area contributed by atoms with Crippen LogP contribution in [0.5, 0.6) is 0 Å². The zero-order valence-corrected chi connectivity index (χ0v) is 15.6. The van der Waals surface area contributed by atoms with Gasteiger partial charge in [0.1, 0.15) is 0 Å². The van der Waals surface area contributed by atoms with Crippen molar-refractivity contribution in [2.75, 3.05) is 13.1 Å². The molecule has 2 amide bonds. The van der Waals surface area contributed by atoms with E-state index >= 15 is 0 Å². The molecule has 1 heterocycles. The number of carbonyl (C=O) groups excluding carboxylic acids is 2. The quantitative estimate of drug-likeness (QED) is 0.593. The SMILES string of the molecule is CC(=N)[C@@H]1CC(F)(F)CN1C(=O)CNC(=O)c1cccc2[c-]cccc12.[Co]. The van der Waals surface area contributed by atoms with E-state index in [9.17, 15) is 18.4 Å². The van der Waals surface area contributed by atoms with Crippen LogP contribution < -0.4 is 5.32 Å². The van der Waals surface area contributed by atoms with Crippen molar-refractivity contribution < 1.29 is 35.1 Å². The van der Waals surface area contributed by atoms with Gasteiger partial charge in [-0.3, -0.25) is 9.59 Å². The number of carbonyl (C=O) groups is 2. The van der Waals surface area contributed by atoms with E-state index in [0.29, 0.717) is 10.9 Å². The van der Waals surface area contributed by atoms with Crippen LogP contribution in [0.25, 0.3) is 10.8 Å². The number of amides is 2. The van der Waals surface area contributed by atoms with Crippen molar-refractivity contribution in [1.29, 1.82) is 5.41 Å². The van der Waals surface area contributed by atoms with Gasteiger partial charge in [-0.15, -0.1) is 41.8 Å². The summed E-state index contributed by atoms with van der Waals surface area (Å²) < 4.78 is 27.2. The molecule has 0 saturated carbocycles. The first-order valence-corrected chi connectivity index (χ1v) is 8.18. The van der Waals surface area contributed by atoms with Crippen molar-refractivity contribution in [3.05, 3.63) is 48.0 Å². The van der Waals surface area contributed by atoms with Gasteiger partial charge in [0.15, 0.2) is 0 Å². The van der Waals surface area contributed by atoms with E-state index < -0.39 is 43.3 Å². The summed E-state index contributed by atoms with van der Waals surface area (Å²) in [5.74, 6) is -4.10. The Morgan fingerprint density at radius 3 is 2.78 bits per heavy atom. The third kappa shape index (κ3) is 4.51. The molecule has 0 aliphatic carbocycles. The van der Waals surface area contributed by atoms with Crippen LogP contribution in [-0.2, 0) is 21.6 Å². The van der Waals surface area contributed by atoms with Crippen LogP contribution in [-0.4, -0.2) is 47.5 Å². The van der Waals surface area contributed by atoms with Crippen LogP contribution >= 0.6 is 0 Å². The van der Waals surface area contributed by atoms with Crippen LogP contribution in [0, 0.1) is 11.5 Å². The topological polar surface area (TPSA) is 73.3 Å². The van der Waals surface area contributed by atoms with Crippen molar-refractivity contribution in [1.82, 2.24) is 10.2 Å². The van der Waals surface area contributed by atoms with Crippen molar-refractivity contribution in [3.63, 3.8) is 0 Å². The predicted molar refractivity (Wildman–Crippen MR) is 93.6 cm³/mol. The molecule has 1 aliphatic rings. The molecule has 1 radical (unpaired) electrons. The minimum absolute atomic E-state index is 0. The summed E-state index contributed by atoms with van der Waals surface area (Å²) in [5.41, 5.74) is 0.394. The minimum atomic E-state index is -3.02. The molecule has 1 saturated heterocycles. The molecule has 1 atom stereocenters. The van der Waals surface area contributed by atoms with Gasteiger partial charge in [-0.2, -0.15) is 0 Å². The van der Waals surface area contributed by atoms with Crippen molar-refractivity contribution in [3.8, 4) is 0 Å². The molecule has 3 rings (SSSR count). The maximum Gasteiger partial charge on any atom is 0.267 e. The van der Waals surface area contributed by atoms with Crippen LogP contribution in [0.15, 0.2) is 36.4 Å². The molecular weight excluding hydrogens is 399 g/mol. The van der Waals surface area contributed by atoms with Crippen molar-refractivity contribution in [2.24, 2.45) is 0 Å². The van der Waals surface area contributed by atoms with E-state index in [0.717, 1.165) is 10.3 Å². The van der Waals surface area contributed by atoms with Gasteiger partial charge in [0.05, 0.1) is 19.1 Å². The smallest absolute Gasteiger partial charge is 0.267 e. The maximum atomic E-state index is 13.6. The zero-order valence-electron chi connectivity index (χ0n) is 14.5. The molecule has 2 N–H and O–H groups in total. The standard InChI is InChI=1S/C19H18F2N3O2.Co/c1-12(22)16-9-19(20,21)11-24(16)17(25)10-23-18(26)15-8-4-6-13-5-2-3-7-14(13)15;/h2-4,6-8,16,22H,9-11H2,1H3,(H,23,26);/q-1;/t16-;/m0./s1. The van der Waals surface area contributed by atoms with Crippen LogP contribution in [0.2, 0.25) is 0 Å². The first-order valence-electron chi connectivity index (χ1n) is 8.18. The van der Waals surface area contributed by atoms with Gasteiger partial charge in [0.25, 0.3) is 5.92 Å². The van der Waals surface area contributed by atoms with Crippen molar-refractivity contribution >= 4 is 28.3 Å². The number of halogens is 2. The Morgan fingerprint density at radius 1 is 1.33 bits per heavy atom. The van der Waals surface area contributed by atoms with E-state index in [1.165, 1.54) is 6.92 Å². The molecule has 0 aromatic heterocycles. The van der Waals surface area contributed by atoms with Crippen molar-refractivity contribution in [2.45, 2.75) is 25.3 Å². The number of hydrogen-bond acceptors (Lipinski definition) is 3. The minimum Gasteiger partial charge on any atom is -0.344 e. The van der Waals surface area contributed by atoms with Gasteiger partial charge in [-0.1, -0.05) is 11.5 Å². The summed E-state index contributed by atoms with van der Waals surface area (Å²) in [6, 6.07) is 12.5. The molecule has 0 unspecified atom stereocenters. The number of alkyl halides is 2. The molecule has 5 nitrogen and oxygen atoms in total. The first-order chi connectivity index (χ1) is 12.3. The molecule has 8 heteroatoms. The Labute approximate surface area is 165 Å². The summed E-state index contributed by atoms with van der Waals surface area (Å²) in [4.78, 5) is 25.7. The molecule has 145 valence electrons. The summed E-state index contributed by atoms with van der Waals surface area (Å²) in [6.45, 7) is 0.273. The zero-order chi connectivity index (χ0) is 18.9. The number of fused-ring (bicyclic) bond motifs is 1. The van der Waals surface area contributed by atoms with Crippen LogP contribution in [0.4, 0.5) is 8.78 Å². The maximum absolute atomic E-state index is 13.6. The summed E-state index contributed by atoms with van der Waals surface area (Å²) in [7, 11) is 0. The monoisotopic (exact) mass is 417 g/mol. The van der Waals surface area contributed by atoms with Gasteiger partial charge in [0.2, 0.25) is 11.8 Å². The average Bonchev–Trinajstić information content (AvgIpc) is 2.95. The van der Waals surface area contributed by atoms with E-state index in [2.05, 4.69) is 11.4 Å². The van der Waals surface area contributed by atoms with Gasteiger partial charge in [0, 0.05) is 34.5 Å². The molecule has 2 aromatic rings. The van der Waals surface area contributed by atoms with Gasteiger partial charge < -0.3 is 15.6 Å². The van der Waals surface area contributed by atoms with E-state index in [1.807, 2.05) is 6.07 Å². The molecule has 2 aromatic carbocycles. The van der Waals surface area contributed by atoms with Gasteiger partial charge >= 0.3 is 0 Å². The summed E-state index contributed by atoms with van der Waals surface area (Å²) >= 11 is 0. The Kier molecular flexibility index (Phi) is 6.32. The second kappa shape index (κ2) is 8.14. The fraction of sp³-hybridized carbons (Fsp3) is 0.316. The molecule has 0 spiro atoms. The third-order valence-corrected chi connectivity index (χ3v) is 4.44. The largest absolute Gasteiger partial charge is 0.344 e. The van der Waals surface area contributed by atoms with E-state index in [1.54, 1.807) is 30.3 Å². The van der Waals surface area contributed by atoms with Gasteiger partial charge in [-0.25, -0.2) is 8.78 Å². The normalized spacial score (nSPS) is 18.0. The first kappa shape index (κ1) is 21.0. The predicted octanol–water partition coefficient (Wildman–Crippen LogP) is 2.64. The average molecular weight is 417 g/mol. The second-order valence-corrected chi connectivity index (χ2v) is 6.40. The Balaban J connectivity index is 0.00000261. The molecular formula is C19H18CoF2N3O2-. The fourth-order valence-electron chi connectivity index (χ4n) is 3.17. The number of nitrogens with zero attached hydrogens (tertiary/aromatic N) is 1. The Hall–Kier alpha value is -2.32. The number of nitrogens with one attached hydrogen (secondary N) is 2. The van der Waals surface area contributed by atoms with Crippen LogP contribution in [0.3, 0.4) is 0 Å². The molecule has 1 fully saturated rings. The summed E-state index contributed by atoms with van der Waals surface area (Å²) in [5, 5.41) is 11.6. The summed E-state index contributed by atoms with van der Waals surface area (Å²) in [6.07, 6.45) is -0.554. The molecule has 27 heavy (non-hydrogen) atoms. The number of hydrogen-bond donors (Lipinski definition) is 2. The van der Waals surface area contributed by atoms with E-state index in [4.69, 9.17) is 5.41 Å². The third-order valence-electron chi connectivity index (χ3n) is 4.44. The number of rotatable bonds is 4. The molecule has 1 aliphatic heterocycles. The Morgan fingerprint density at radius 2 is 2.07 bits per heavy atom.